The fraction of sp³-hybridized carbons (Fsp3) is 0.500. The van der Waals surface area contributed by atoms with Crippen LogP contribution in [0.2, 0.25) is 0 Å². The first-order valence-electron chi connectivity index (χ1n) is 6.30. The second kappa shape index (κ2) is 3.93. The lowest BCUT2D eigenvalue weighted by molar-refractivity contribution is 0.612. The van der Waals surface area contributed by atoms with E-state index in [1.165, 1.54) is 36.3 Å². The van der Waals surface area contributed by atoms with E-state index in [4.69, 9.17) is 0 Å². The van der Waals surface area contributed by atoms with E-state index < -0.39 is 0 Å². The highest BCUT2D eigenvalue weighted by molar-refractivity contribution is 6.01. The summed E-state index contributed by atoms with van der Waals surface area (Å²) < 4.78 is 0. The highest BCUT2D eigenvalue weighted by atomic mass is 15.0. The lowest BCUT2D eigenvalue weighted by atomic mass is 9.84. The van der Waals surface area contributed by atoms with Crippen LogP contribution in [-0.2, 0) is 0 Å². The minimum atomic E-state index is 0.648. The van der Waals surface area contributed by atoms with Crippen molar-refractivity contribution in [2.75, 3.05) is 11.9 Å². The Balaban J connectivity index is 2.05. The van der Waals surface area contributed by atoms with E-state index in [9.17, 15) is 0 Å². The van der Waals surface area contributed by atoms with Crippen molar-refractivity contribution in [3.05, 3.63) is 29.8 Å². The number of hydrogen-bond donors (Lipinski definition) is 1. The standard InChI is InChI=1S/C14H18N2/c1-2-15-14-12-8-5-7-10(12)11-6-3-4-9-13(11)16-14/h3-4,6,9-10,12H,2,5,7-8H2,1H3,(H,15,16). The number of fused-ring (bicyclic) bond motifs is 3. The molecule has 1 N–H and O–H groups in total. The minimum Gasteiger partial charge on any atom is -0.344 e. The zero-order valence-electron chi connectivity index (χ0n) is 9.74. The molecule has 2 aliphatic rings. The van der Waals surface area contributed by atoms with Crippen LogP contribution in [-0.4, -0.2) is 12.4 Å². The summed E-state index contributed by atoms with van der Waals surface area (Å²) in [5, 5.41) is 3.52. The van der Waals surface area contributed by atoms with Gasteiger partial charge >= 0.3 is 0 Å². The fourth-order valence-corrected chi connectivity index (χ4v) is 3.15. The van der Waals surface area contributed by atoms with Gasteiger partial charge in [0.15, 0.2) is 0 Å². The van der Waals surface area contributed by atoms with Crippen molar-refractivity contribution in [1.82, 2.24) is 0 Å². The van der Waals surface area contributed by atoms with Crippen LogP contribution in [0.15, 0.2) is 29.3 Å². The average molecular weight is 214 g/mol. The molecule has 1 aromatic rings. The molecular formula is C14H18N2. The number of nitrogens with one attached hydrogen (secondary N) is 1. The molecule has 2 atom stereocenters. The maximum atomic E-state index is 4.63. The van der Waals surface area contributed by atoms with E-state index >= 15 is 0 Å². The van der Waals surface area contributed by atoms with Crippen molar-refractivity contribution in [1.29, 1.82) is 0 Å². The first-order chi connectivity index (χ1) is 7.90. The van der Waals surface area contributed by atoms with Gasteiger partial charge in [-0.05, 0) is 37.3 Å². The Morgan fingerprint density at radius 1 is 1.25 bits per heavy atom. The maximum absolute atomic E-state index is 4.63. The van der Waals surface area contributed by atoms with Crippen molar-refractivity contribution < 1.29 is 0 Å². The molecule has 2 heteroatoms. The molecule has 0 saturated heterocycles. The molecule has 16 heavy (non-hydrogen) atoms. The highest BCUT2D eigenvalue weighted by Crippen LogP contribution is 2.46. The monoisotopic (exact) mass is 214 g/mol. The quantitative estimate of drug-likeness (QED) is 0.761. The fourth-order valence-electron chi connectivity index (χ4n) is 3.15. The van der Waals surface area contributed by atoms with Crippen molar-refractivity contribution in [2.24, 2.45) is 10.9 Å². The van der Waals surface area contributed by atoms with E-state index in [-0.39, 0.29) is 0 Å². The molecule has 0 amide bonds. The predicted octanol–water partition coefficient (Wildman–Crippen LogP) is 3.41. The van der Waals surface area contributed by atoms with Crippen LogP contribution in [0.5, 0.6) is 0 Å². The van der Waals surface area contributed by atoms with Crippen molar-refractivity contribution >= 4 is 11.5 Å². The molecular weight excluding hydrogens is 196 g/mol. The Kier molecular flexibility index (Phi) is 2.43. The molecule has 1 saturated carbocycles. The van der Waals surface area contributed by atoms with E-state index in [1.54, 1.807) is 0 Å². The van der Waals surface area contributed by atoms with Gasteiger partial charge < -0.3 is 5.32 Å². The van der Waals surface area contributed by atoms with Gasteiger partial charge in [0, 0.05) is 18.2 Å². The predicted molar refractivity (Wildman–Crippen MR) is 68.1 cm³/mol. The molecule has 0 spiro atoms. The van der Waals surface area contributed by atoms with Crippen molar-refractivity contribution in [3.8, 4) is 0 Å². The van der Waals surface area contributed by atoms with Gasteiger partial charge in [-0.25, -0.2) is 0 Å². The van der Waals surface area contributed by atoms with Crippen LogP contribution in [0.3, 0.4) is 0 Å². The topological polar surface area (TPSA) is 24.4 Å². The first-order valence-corrected chi connectivity index (χ1v) is 6.30. The van der Waals surface area contributed by atoms with Crippen LogP contribution in [0.25, 0.3) is 0 Å². The highest BCUT2D eigenvalue weighted by Gasteiger charge is 2.37. The van der Waals surface area contributed by atoms with Crippen LogP contribution in [0.1, 0.15) is 37.7 Å². The van der Waals surface area contributed by atoms with E-state index in [0.29, 0.717) is 11.8 Å². The zero-order valence-corrected chi connectivity index (χ0v) is 9.74. The third kappa shape index (κ3) is 1.44. The van der Waals surface area contributed by atoms with Gasteiger partial charge in [-0.1, -0.05) is 24.6 Å². The summed E-state index contributed by atoms with van der Waals surface area (Å²) in [5.41, 5.74) is 2.78. The summed E-state index contributed by atoms with van der Waals surface area (Å²) >= 11 is 0. The van der Waals surface area contributed by atoms with Crippen LogP contribution < -0.4 is 5.32 Å². The molecule has 0 bridgehead atoms. The lowest BCUT2D eigenvalue weighted by Gasteiger charge is -2.31. The second-order valence-electron chi connectivity index (χ2n) is 4.72. The van der Waals surface area contributed by atoms with Gasteiger partial charge in [-0.15, -0.1) is 0 Å². The minimum absolute atomic E-state index is 0.648. The van der Waals surface area contributed by atoms with E-state index in [2.05, 4.69) is 41.5 Å². The van der Waals surface area contributed by atoms with Gasteiger partial charge in [0.25, 0.3) is 0 Å². The number of aliphatic imine (C=N–C) groups is 1. The van der Waals surface area contributed by atoms with Gasteiger partial charge in [-0.3, -0.25) is 4.99 Å². The van der Waals surface area contributed by atoms with Gasteiger partial charge in [0.05, 0.1) is 0 Å². The van der Waals surface area contributed by atoms with Crippen LogP contribution in [0, 0.1) is 5.92 Å². The number of rotatable bonds is 1. The summed E-state index contributed by atoms with van der Waals surface area (Å²) in [5.74, 6) is 2.58. The average Bonchev–Trinajstić information content (AvgIpc) is 2.79. The SMILES string of the molecule is CCN=C1Nc2ccccc2C2CCCC12. The second-order valence-corrected chi connectivity index (χ2v) is 4.72. The Labute approximate surface area is 96.8 Å². The Bertz CT molecular complexity index is 422. The Hall–Kier alpha value is -1.31. The summed E-state index contributed by atoms with van der Waals surface area (Å²) in [7, 11) is 0. The van der Waals surface area contributed by atoms with Gasteiger partial charge in [0.2, 0.25) is 0 Å². The molecule has 1 aliphatic heterocycles. The van der Waals surface area contributed by atoms with Gasteiger partial charge in [0.1, 0.15) is 5.84 Å². The summed E-state index contributed by atoms with van der Waals surface area (Å²) in [6.45, 7) is 2.99. The summed E-state index contributed by atoms with van der Waals surface area (Å²) in [6.07, 6.45) is 3.96. The molecule has 1 aromatic carbocycles. The number of para-hydroxylation sites is 1. The number of hydrogen-bond acceptors (Lipinski definition) is 1. The third-order valence-corrected chi connectivity index (χ3v) is 3.82. The molecule has 3 rings (SSSR count). The molecule has 2 nitrogen and oxygen atoms in total. The first kappa shape index (κ1) is 9.88. The molecule has 84 valence electrons. The third-order valence-electron chi connectivity index (χ3n) is 3.82. The van der Waals surface area contributed by atoms with Crippen LogP contribution in [0.4, 0.5) is 5.69 Å². The largest absolute Gasteiger partial charge is 0.344 e. The Morgan fingerprint density at radius 3 is 2.94 bits per heavy atom. The summed E-state index contributed by atoms with van der Waals surface area (Å²) in [6, 6.07) is 8.70. The number of anilines is 1. The van der Waals surface area contributed by atoms with E-state index in [1.807, 2.05) is 0 Å². The molecule has 1 heterocycles. The van der Waals surface area contributed by atoms with Crippen molar-refractivity contribution in [2.45, 2.75) is 32.1 Å². The van der Waals surface area contributed by atoms with Crippen molar-refractivity contribution in [3.63, 3.8) is 0 Å². The van der Waals surface area contributed by atoms with Gasteiger partial charge in [-0.2, -0.15) is 0 Å². The maximum Gasteiger partial charge on any atom is 0.104 e. The normalized spacial score (nSPS) is 29.7. The number of nitrogens with zero attached hydrogens (tertiary/aromatic N) is 1. The smallest absolute Gasteiger partial charge is 0.104 e. The van der Waals surface area contributed by atoms with E-state index in [0.717, 1.165) is 6.54 Å². The number of amidine groups is 1. The zero-order chi connectivity index (χ0) is 11.0. The Morgan fingerprint density at radius 2 is 2.06 bits per heavy atom. The molecule has 2 unspecified atom stereocenters. The van der Waals surface area contributed by atoms with Crippen LogP contribution >= 0.6 is 0 Å². The molecule has 1 fully saturated rings. The number of benzene rings is 1. The summed E-state index contributed by atoms with van der Waals surface area (Å²) in [4.78, 5) is 4.63. The lowest BCUT2D eigenvalue weighted by Crippen LogP contribution is -2.31. The molecule has 0 aromatic heterocycles. The molecule has 0 radical (unpaired) electrons. The molecule has 1 aliphatic carbocycles.